The standard InChI is InChI=1S/C12H13F3N2O2/c1-7-10(6-17(7)11(16)18)19-9-4-2-3-8(5-9)12(13,14)15/h2-5,7,10H,6H2,1H3,(H2,16,18)/t7-,10+/m0/s1. The van der Waals surface area contributed by atoms with Crippen LogP contribution in [0, 0.1) is 0 Å². The van der Waals surface area contributed by atoms with Crippen LogP contribution in [0.1, 0.15) is 12.5 Å². The smallest absolute Gasteiger partial charge is 0.416 e. The first-order valence-electron chi connectivity index (χ1n) is 5.69. The van der Waals surface area contributed by atoms with Crippen LogP contribution in [0.3, 0.4) is 0 Å². The Morgan fingerprint density at radius 2 is 2.16 bits per heavy atom. The van der Waals surface area contributed by atoms with Gasteiger partial charge in [0, 0.05) is 0 Å². The highest BCUT2D eigenvalue weighted by atomic mass is 19.4. The molecule has 1 aromatic carbocycles. The van der Waals surface area contributed by atoms with E-state index >= 15 is 0 Å². The van der Waals surface area contributed by atoms with Gasteiger partial charge in [-0.05, 0) is 25.1 Å². The molecule has 2 atom stereocenters. The summed E-state index contributed by atoms with van der Waals surface area (Å²) in [6.07, 6.45) is -4.74. The molecule has 1 heterocycles. The number of hydrogen-bond acceptors (Lipinski definition) is 2. The molecule has 1 aliphatic rings. The van der Waals surface area contributed by atoms with Crippen molar-refractivity contribution in [2.24, 2.45) is 5.73 Å². The van der Waals surface area contributed by atoms with Crippen molar-refractivity contribution in [3.8, 4) is 5.75 Å². The van der Waals surface area contributed by atoms with Crippen molar-refractivity contribution in [3.63, 3.8) is 0 Å². The summed E-state index contributed by atoms with van der Waals surface area (Å²) in [7, 11) is 0. The molecule has 2 N–H and O–H groups in total. The first kappa shape index (κ1) is 13.5. The lowest BCUT2D eigenvalue weighted by Crippen LogP contribution is -2.64. The van der Waals surface area contributed by atoms with Gasteiger partial charge in [0.2, 0.25) is 0 Å². The molecule has 104 valence electrons. The average Bonchev–Trinajstić information content (AvgIpc) is 2.32. The van der Waals surface area contributed by atoms with Crippen LogP contribution in [0.2, 0.25) is 0 Å². The summed E-state index contributed by atoms with van der Waals surface area (Å²) in [6, 6.07) is 3.86. The topological polar surface area (TPSA) is 55.6 Å². The zero-order valence-electron chi connectivity index (χ0n) is 10.1. The van der Waals surface area contributed by atoms with Gasteiger partial charge in [0.05, 0.1) is 18.2 Å². The highest BCUT2D eigenvalue weighted by molar-refractivity contribution is 5.73. The summed E-state index contributed by atoms with van der Waals surface area (Å²) in [5, 5.41) is 0. The Bertz CT molecular complexity index is 490. The summed E-state index contributed by atoms with van der Waals surface area (Å²) in [5.74, 6) is 0.135. The number of ether oxygens (including phenoxy) is 1. The third-order valence-electron chi connectivity index (χ3n) is 3.14. The summed E-state index contributed by atoms with van der Waals surface area (Å²) in [4.78, 5) is 12.3. The van der Waals surface area contributed by atoms with E-state index in [9.17, 15) is 18.0 Å². The highest BCUT2D eigenvalue weighted by Crippen LogP contribution is 2.32. The third kappa shape index (κ3) is 2.74. The predicted octanol–water partition coefficient (Wildman–Crippen LogP) is 2.24. The first-order chi connectivity index (χ1) is 8.79. The van der Waals surface area contributed by atoms with Gasteiger partial charge in [-0.15, -0.1) is 0 Å². The number of nitrogens with zero attached hydrogens (tertiary/aromatic N) is 1. The molecule has 1 aromatic rings. The van der Waals surface area contributed by atoms with Gasteiger partial charge in [-0.25, -0.2) is 4.79 Å². The van der Waals surface area contributed by atoms with Crippen LogP contribution < -0.4 is 10.5 Å². The van der Waals surface area contributed by atoms with Gasteiger partial charge in [-0.3, -0.25) is 0 Å². The molecule has 0 saturated carbocycles. The number of hydrogen-bond donors (Lipinski definition) is 1. The first-order valence-corrected chi connectivity index (χ1v) is 5.69. The Kier molecular flexibility index (Phi) is 3.30. The Balaban J connectivity index is 2.04. The molecule has 7 heteroatoms. The zero-order chi connectivity index (χ0) is 14.2. The third-order valence-corrected chi connectivity index (χ3v) is 3.14. The summed E-state index contributed by atoms with van der Waals surface area (Å²) in [5.41, 5.74) is 4.35. The molecule has 0 bridgehead atoms. The number of carbonyl (C=O) groups excluding carboxylic acids is 1. The molecule has 1 saturated heterocycles. The number of amides is 2. The summed E-state index contributed by atoms with van der Waals surface area (Å²) in [6.45, 7) is 2.01. The Morgan fingerprint density at radius 1 is 1.47 bits per heavy atom. The van der Waals surface area contributed by atoms with Crippen LogP contribution >= 0.6 is 0 Å². The minimum Gasteiger partial charge on any atom is -0.486 e. The SMILES string of the molecule is C[C@H]1[C@H](Oc2cccc(C(F)(F)F)c2)CN1C(N)=O. The minimum atomic E-state index is -4.40. The Morgan fingerprint density at radius 3 is 2.68 bits per heavy atom. The van der Waals surface area contributed by atoms with Crippen molar-refractivity contribution in [2.75, 3.05) is 6.54 Å². The van der Waals surface area contributed by atoms with E-state index in [1.165, 1.54) is 17.0 Å². The second-order valence-electron chi connectivity index (χ2n) is 4.41. The fourth-order valence-corrected chi connectivity index (χ4v) is 1.92. The van der Waals surface area contributed by atoms with Crippen LogP contribution in [0.4, 0.5) is 18.0 Å². The number of primary amides is 1. The highest BCUT2D eigenvalue weighted by Gasteiger charge is 2.39. The van der Waals surface area contributed by atoms with Crippen molar-refractivity contribution in [2.45, 2.75) is 25.2 Å². The predicted molar refractivity (Wildman–Crippen MR) is 61.6 cm³/mol. The summed E-state index contributed by atoms with van der Waals surface area (Å²) < 4.78 is 43.0. The van der Waals surface area contributed by atoms with Crippen LogP contribution in [-0.2, 0) is 6.18 Å². The van der Waals surface area contributed by atoms with E-state index in [0.29, 0.717) is 0 Å². The van der Waals surface area contributed by atoms with Gasteiger partial charge >= 0.3 is 12.2 Å². The van der Waals surface area contributed by atoms with Crippen molar-refractivity contribution < 1.29 is 22.7 Å². The Labute approximate surface area is 107 Å². The normalized spacial score (nSPS) is 22.8. The van der Waals surface area contributed by atoms with Crippen molar-refractivity contribution >= 4 is 6.03 Å². The van der Waals surface area contributed by atoms with Gasteiger partial charge < -0.3 is 15.4 Å². The molecule has 0 aromatic heterocycles. The van der Waals surface area contributed by atoms with Crippen molar-refractivity contribution in [1.82, 2.24) is 4.90 Å². The molecule has 0 radical (unpaired) electrons. The molecule has 0 aliphatic carbocycles. The second kappa shape index (κ2) is 4.64. The maximum atomic E-state index is 12.5. The quantitative estimate of drug-likeness (QED) is 0.899. The number of alkyl halides is 3. The van der Waals surface area contributed by atoms with Crippen LogP contribution in [-0.4, -0.2) is 29.6 Å². The lowest BCUT2D eigenvalue weighted by molar-refractivity contribution is -0.137. The van der Waals surface area contributed by atoms with Gasteiger partial charge in [0.25, 0.3) is 0 Å². The molecular weight excluding hydrogens is 261 g/mol. The number of urea groups is 1. The molecule has 19 heavy (non-hydrogen) atoms. The molecule has 4 nitrogen and oxygen atoms in total. The maximum Gasteiger partial charge on any atom is 0.416 e. The lowest BCUT2D eigenvalue weighted by atomic mass is 10.0. The van der Waals surface area contributed by atoms with Gasteiger partial charge in [0.15, 0.2) is 0 Å². The van der Waals surface area contributed by atoms with E-state index in [1.54, 1.807) is 6.92 Å². The Hall–Kier alpha value is -1.92. The fourth-order valence-electron chi connectivity index (χ4n) is 1.92. The second-order valence-corrected chi connectivity index (χ2v) is 4.41. The zero-order valence-corrected chi connectivity index (χ0v) is 10.1. The number of likely N-dealkylation sites (tertiary alicyclic amines) is 1. The number of rotatable bonds is 2. The van der Waals surface area contributed by atoms with E-state index in [1.807, 2.05) is 0 Å². The van der Waals surface area contributed by atoms with Crippen LogP contribution in [0.25, 0.3) is 0 Å². The number of benzene rings is 1. The summed E-state index contributed by atoms with van der Waals surface area (Å²) >= 11 is 0. The largest absolute Gasteiger partial charge is 0.486 e. The molecule has 0 unspecified atom stereocenters. The molecule has 1 fully saturated rings. The molecule has 2 rings (SSSR count). The van der Waals surface area contributed by atoms with E-state index in [-0.39, 0.29) is 24.4 Å². The van der Waals surface area contributed by atoms with Gasteiger partial charge in [-0.2, -0.15) is 13.2 Å². The van der Waals surface area contributed by atoms with Gasteiger partial charge in [-0.1, -0.05) is 6.07 Å². The van der Waals surface area contributed by atoms with Crippen LogP contribution in [0.5, 0.6) is 5.75 Å². The number of halogens is 3. The van der Waals surface area contributed by atoms with E-state index < -0.39 is 17.8 Å². The number of nitrogens with two attached hydrogens (primary N) is 1. The van der Waals surface area contributed by atoms with E-state index in [2.05, 4.69) is 0 Å². The van der Waals surface area contributed by atoms with Crippen molar-refractivity contribution in [3.05, 3.63) is 29.8 Å². The van der Waals surface area contributed by atoms with E-state index in [4.69, 9.17) is 10.5 Å². The monoisotopic (exact) mass is 274 g/mol. The maximum absolute atomic E-state index is 12.5. The minimum absolute atomic E-state index is 0.135. The molecule has 0 spiro atoms. The average molecular weight is 274 g/mol. The van der Waals surface area contributed by atoms with Gasteiger partial charge in [0.1, 0.15) is 11.9 Å². The van der Waals surface area contributed by atoms with Crippen LogP contribution in [0.15, 0.2) is 24.3 Å². The lowest BCUT2D eigenvalue weighted by Gasteiger charge is -2.44. The molecule has 1 aliphatic heterocycles. The number of carbonyl (C=O) groups is 1. The molecular formula is C12H13F3N2O2. The fraction of sp³-hybridized carbons (Fsp3) is 0.417. The van der Waals surface area contributed by atoms with Crippen molar-refractivity contribution in [1.29, 1.82) is 0 Å². The van der Waals surface area contributed by atoms with E-state index in [0.717, 1.165) is 12.1 Å². The molecule has 2 amide bonds.